The topological polar surface area (TPSA) is 35.8 Å². The maximum absolute atomic E-state index is 8.53. The summed E-state index contributed by atoms with van der Waals surface area (Å²) in [7, 11) is 0. The van der Waals surface area contributed by atoms with Crippen LogP contribution in [0.15, 0.2) is 41.7 Å². The quantitative estimate of drug-likeness (QED) is 0.719. The van der Waals surface area contributed by atoms with Crippen molar-refractivity contribution in [2.45, 2.75) is 6.54 Å². The number of hydrogen-bond donors (Lipinski definition) is 1. The zero-order valence-corrected chi connectivity index (χ0v) is 7.80. The number of hydrazone groups is 1. The number of fused-ring (bicyclic) bond motifs is 1. The van der Waals surface area contributed by atoms with Crippen molar-refractivity contribution in [3.63, 3.8) is 0 Å². The lowest BCUT2D eigenvalue weighted by molar-refractivity contribution is 0.305. The second kappa shape index (κ2) is 3.96. The Labute approximate surface area is 83.0 Å². The molecular weight excluding hydrogens is 176 g/mol. The van der Waals surface area contributed by atoms with E-state index in [0.29, 0.717) is 6.54 Å². The molecule has 1 aliphatic rings. The van der Waals surface area contributed by atoms with Gasteiger partial charge in [0.15, 0.2) is 0 Å². The number of aliphatic hydroxyl groups is 1. The molecule has 2 rings (SSSR count). The third-order valence-corrected chi connectivity index (χ3v) is 2.19. The highest BCUT2D eigenvalue weighted by Gasteiger charge is 2.08. The first-order valence-corrected chi connectivity index (χ1v) is 4.56. The van der Waals surface area contributed by atoms with Gasteiger partial charge in [-0.25, -0.2) is 0 Å². The molecule has 1 aromatic rings. The van der Waals surface area contributed by atoms with E-state index < -0.39 is 0 Å². The Bertz CT molecular complexity index is 371. The van der Waals surface area contributed by atoms with Crippen LogP contribution >= 0.6 is 0 Å². The molecule has 72 valence electrons. The van der Waals surface area contributed by atoms with E-state index in [1.165, 1.54) is 11.1 Å². The van der Waals surface area contributed by atoms with Crippen molar-refractivity contribution in [2.75, 3.05) is 6.54 Å². The number of aliphatic hydroxyl groups excluding tert-OH is 1. The zero-order valence-electron chi connectivity index (χ0n) is 7.80. The lowest BCUT2D eigenvalue weighted by atomic mass is 10.1. The summed E-state index contributed by atoms with van der Waals surface area (Å²) in [5.74, 6) is 0. The summed E-state index contributed by atoms with van der Waals surface area (Å²) in [6, 6.07) is 8.18. The molecule has 1 aromatic carbocycles. The van der Waals surface area contributed by atoms with Crippen molar-refractivity contribution in [3.8, 4) is 0 Å². The van der Waals surface area contributed by atoms with Crippen molar-refractivity contribution in [1.82, 2.24) is 5.01 Å². The van der Waals surface area contributed by atoms with E-state index in [-0.39, 0.29) is 0 Å². The van der Waals surface area contributed by atoms with Gasteiger partial charge in [-0.2, -0.15) is 5.10 Å². The molecule has 0 radical (unpaired) electrons. The van der Waals surface area contributed by atoms with Crippen molar-refractivity contribution in [2.24, 2.45) is 5.10 Å². The predicted octanol–water partition coefficient (Wildman–Crippen LogP) is 1.91. The summed E-state index contributed by atoms with van der Waals surface area (Å²) >= 11 is 0. The van der Waals surface area contributed by atoms with Crippen LogP contribution < -0.4 is 0 Å². The van der Waals surface area contributed by atoms with Crippen molar-refractivity contribution >= 4 is 6.21 Å². The highest BCUT2D eigenvalue weighted by atomic mass is 16.2. The number of benzene rings is 1. The van der Waals surface area contributed by atoms with Gasteiger partial charge in [0.1, 0.15) is 0 Å². The fraction of sp³-hybridized carbons (Fsp3) is 0.182. The minimum Gasteiger partial charge on any atom is -0.516 e. The van der Waals surface area contributed by atoms with Gasteiger partial charge in [-0.3, -0.25) is 5.01 Å². The monoisotopic (exact) mass is 188 g/mol. The Morgan fingerprint density at radius 2 is 2.29 bits per heavy atom. The first-order valence-electron chi connectivity index (χ1n) is 4.56. The lowest BCUT2D eigenvalue weighted by Gasteiger charge is -2.22. The Morgan fingerprint density at radius 3 is 3.14 bits per heavy atom. The van der Waals surface area contributed by atoms with Gasteiger partial charge in [0, 0.05) is 0 Å². The van der Waals surface area contributed by atoms with Crippen LogP contribution in [0.3, 0.4) is 0 Å². The molecule has 0 spiro atoms. The Kier molecular flexibility index (Phi) is 2.49. The van der Waals surface area contributed by atoms with Gasteiger partial charge >= 0.3 is 0 Å². The standard InChI is InChI=1S/C11H12N2O/c14-7-3-6-13-9-11-5-2-1-4-10(11)8-12-13/h1-5,7-8,14H,6,9H2. The van der Waals surface area contributed by atoms with E-state index in [4.69, 9.17) is 5.11 Å². The van der Waals surface area contributed by atoms with Crippen LogP contribution in [0.4, 0.5) is 0 Å². The highest BCUT2D eigenvalue weighted by molar-refractivity contribution is 5.82. The van der Waals surface area contributed by atoms with Gasteiger partial charge in [0.25, 0.3) is 0 Å². The molecule has 0 saturated heterocycles. The molecule has 0 aromatic heterocycles. The van der Waals surface area contributed by atoms with E-state index in [1.807, 2.05) is 23.4 Å². The van der Waals surface area contributed by atoms with E-state index in [2.05, 4.69) is 17.2 Å². The van der Waals surface area contributed by atoms with E-state index in [9.17, 15) is 0 Å². The minimum atomic E-state index is 0.640. The molecule has 3 nitrogen and oxygen atoms in total. The minimum absolute atomic E-state index is 0.640. The van der Waals surface area contributed by atoms with Crippen molar-refractivity contribution in [3.05, 3.63) is 47.7 Å². The summed E-state index contributed by atoms with van der Waals surface area (Å²) in [6.45, 7) is 1.44. The molecule has 14 heavy (non-hydrogen) atoms. The Morgan fingerprint density at radius 1 is 1.43 bits per heavy atom. The van der Waals surface area contributed by atoms with Crippen LogP contribution in [0.1, 0.15) is 11.1 Å². The van der Waals surface area contributed by atoms with Gasteiger partial charge in [-0.05, 0) is 17.2 Å². The molecule has 0 bridgehead atoms. The van der Waals surface area contributed by atoms with Crippen LogP contribution in [0.2, 0.25) is 0 Å². The second-order valence-electron chi connectivity index (χ2n) is 3.18. The Balaban J connectivity index is 2.13. The van der Waals surface area contributed by atoms with Gasteiger partial charge in [-0.15, -0.1) is 0 Å². The third kappa shape index (κ3) is 1.76. The molecule has 0 unspecified atom stereocenters. The van der Waals surface area contributed by atoms with Gasteiger partial charge in [-0.1, -0.05) is 24.3 Å². The van der Waals surface area contributed by atoms with E-state index in [1.54, 1.807) is 6.08 Å². The van der Waals surface area contributed by atoms with Crippen molar-refractivity contribution in [1.29, 1.82) is 0 Å². The lowest BCUT2D eigenvalue weighted by Crippen LogP contribution is -2.21. The first-order chi connectivity index (χ1) is 6.90. The fourth-order valence-electron chi connectivity index (χ4n) is 1.47. The van der Waals surface area contributed by atoms with Crippen molar-refractivity contribution < 1.29 is 5.11 Å². The van der Waals surface area contributed by atoms with Crippen LogP contribution in [0, 0.1) is 0 Å². The molecule has 0 aliphatic carbocycles. The van der Waals surface area contributed by atoms with Crippen LogP contribution in [0.25, 0.3) is 0 Å². The molecule has 0 fully saturated rings. The SMILES string of the molecule is OC=CCN1Cc2ccccc2C=N1. The molecule has 1 heterocycles. The summed E-state index contributed by atoms with van der Waals surface area (Å²) in [6.07, 6.45) is 4.57. The highest BCUT2D eigenvalue weighted by Crippen LogP contribution is 2.14. The van der Waals surface area contributed by atoms with Gasteiger partial charge < -0.3 is 5.11 Å². The normalized spacial score (nSPS) is 14.7. The maximum atomic E-state index is 8.53. The summed E-state index contributed by atoms with van der Waals surface area (Å²) in [4.78, 5) is 0. The molecule has 0 saturated carbocycles. The summed E-state index contributed by atoms with van der Waals surface area (Å²) in [5.41, 5.74) is 2.45. The summed E-state index contributed by atoms with van der Waals surface area (Å²) in [5, 5.41) is 14.7. The van der Waals surface area contributed by atoms with Crippen LogP contribution in [-0.4, -0.2) is 22.9 Å². The fourth-order valence-corrected chi connectivity index (χ4v) is 1.47. The van der Waals surface area contributed by atoms with Crippen LogP contribution in [-0.2, 0) is 6.54 Å². The average Bonchev–Trinajstić information content (AvgIpc) is 2.26. The van der Waals surface area contributed by atoms with Gasteiger partial charge in [0.05, 0.1) is 25.6 Å². The predicted molar refractivity (Wildman–Crippen MR) is 56.2 cm³/mol. The number of rotatable bonds is 2. The largest absolute Gasteiger partial charge is 0.516 e. The number of nitrogens with zero attached hydrogens (tertiary/aromatic N) is 2. The smallest absolute Gasteiger partial charge is 0.0770 e. The molecule has 1 aliphatic heterocycles. The van der Waals surface area contributed by atoms with Gasteiger partial charge in [0.2, 0.25) is 0 Å². The maximum Gasteiger partial charge on any atom is 0.0770 e. The van der Waals surface area contributed by atoms with E-state index >= 15 is 0 Å². The Hall–Kier alpha value is -1.77. The molecular formula is C11H12N2O. The molecule has 3 heteroatoms. The molecule has 0 atom stereocenters. The molecule has 1 N–H and O–H groups in total. The third-order valence-electron chi connectivity index (χ3n) is 2.19. The number of hydrogen-bond acceptors (Lipinski definition) is 3. The van der Waals surface area contributed by atoms with E-state index in [0.717, 1.165) is 12.8 Å². The average molecular weight is 188 g/mol. The zero-order chi connectivity index (χ0) is 9.80. The molecule has 0 amide bonds. The first kappa shape index (κ1) is 8.81. The van der Waals surface area contributed by atoms with Crippen LogP contribution in [0.5, 0.6) is 0 Å². The second-order valence-corrected chi connectivity index (χ2v) is 3.18. The summed E-state index contributed by atoms with van der Waals surface area (Å²) < 4.78 is 0.